The number of ether oxygens (including phenoxy) is 1. The molecule has 0 spiro atoms. The van der Waals surface area contributed by atoms with Gasteiger partial charge in [0.2, 0.25) is 0 Å². The Hall–Kier alpha value is -2.86. The van der Waals surface area contributed by atoms with E-state index >= 15 is 0 Å². The maximum atomic E-state index is 12.2. The minimum Gasteiger partial charge on any atom is -0.489 e. The molecule has 0 radical (unpaired) electrons. The van der Waals surface area contributed by atoms with E-state index < -0.39 is 5.91 Å². The minimum atomic E-state index is -0.497. The Morgan fingerprint density at radius 2 is 1.88 bits per heavy atom. The van der Waals surface area contributed by atoms with E-state index in [-0.39, 0.29) is 5.71 Å². The van der Waals surface area contributed by atoms with Crippen LogP contribution >= 0.6 is 0 Å². The number of rotatable bonds is 7. The molecule has 0 unspecified atom stereocenters. The normalized spacial score (nSPS) is 11.1. The second-order valence-electron chi connectivity index (χ2n) is 5.47. The van der Waals surface area contributed by atoms with Gasteiger partial charge in [-0.15, -0.1) is 0 Å². The molecule has 0 aliphatic rings. The van der Waals surface area contributed by atoms with Gasteiger partial charge in [-0.2, -0.15) is 0 Å². The van der Waals surface area contributed by atoms with Gasteiger partial charge in [0, 0.05) is 5.56 Å². The van der Waals surface area contributed by atoms with Crippen molar-refractivity contribution < 1.29 is 19.2 Å². The average molecular weight is 342 g/mol. The van der Waals surface area contributed by atoms with Crippen LogP contribution in [-0.2, 0) is 21.1 Å². The zero-order valence-electron chi connectivity index (χ0n) is 14.8. The quantitative estimate of drug-likeness (QED) is 0.620. The first kappa shape index (κ1) is 18.5. The fourth-order valence-corrected chi connectivity index (χ4v) is 2.34. The standard InChI is InChI=1S/C19H22N2O4/c1-13-9-10-14(2)17(11-13)25-12-15-7-5-6-8-16(15)18(20-23-3)19(22)21-24-4/h5-11H,12H2,1-4H3,(H,21,22)/b20-18+. The topological polar surface area (TPSA) is 69.2 Å². The lowest BCUT2D eigenvalue weighted by molar-refractivity contribution is -0.124. The third-order valence-corrected chi connectivity index (χ3v) is 3.59. The molecule has 0 bridgehead atoms. The molecule has 2 aromatic carbocycles. The SMILES string of the molecule is CO/N=C(/C(=O)NOC)c1ccccc1COc1cc(C)ccc1C. The molecule has 1 N–H and O–H groups in total. The van der Waals surface area contributed by atoms with Crippen molar-refractivity contribution >= 4 is 11.6 Å². The number of hydroxylamine groups is 1. The van der Waals surface area contributed by atoms with Crippen molar-refractivity contribution in [2.24, 2.45) is 5.16 Å². The van der Waals surface area contributed by atoms with Gasteiger partial charge >= 0.3 is 0 Å². The predicted octanol–water partition coefficient (Wildman–Crippen LogP) is 2.91. The number of carbonyl (C=O) groups is 1. The first-order valence-electron chi connectivity index (χ1n) is 7.79. The molecule has 6 nitrogen and oxygen atoms in total. The van der Waals surface area contributed by atoms with Crippen LogP contribution in [0.25, 0.3) is 0 Å². The van der Waals surface area contributed by atoms with Crippen LogP contribution in [0.3, 0.4) is 0 Å². The van der Waals surface area contributed by atoms with E-state index in [0.717, 1.165) is 22.4 Å². The second kappa shape index (κ2) is 8.84. The Morgan fingerprint density at radius 1 is 1.12 bits per heavy atom. The minimum absolute atomic E-state index is 0.115. The van der Waals surface area contributed by atoms with Crippen LogP contribution in [0.4, 0.5) is 0 Å². The van der Waals surface area contributed by atoms with Gasteiger partial charge in [-0.05, 0) is 36.6 Å². The third kappa shape index (κ3) is 4.81. The highest BCUT2D eigenvalue weighted by atomic mass is 16.6. The number of oxime groups is 1. The molecular weight excluding hydrogens is 320 g/mol. The van der Waals surface area contributed by atoms with Gasteiger partial charge in [-0.3, -0.25) is 9.63 Å². The average Bonchev–Trinajstić information content (AvgIpc) is 2.61. The summed E-state index contributed by atoms with van der Waals surface area (Å²) in [6, 6.07) is 13.4. The Morgan fingerprint density at radius 3 is 2.60 bits per heavy atom. The highest BCUT2D eigenvalue weighted by Crippen LogP contribution is 2.21. The summed E-state index contributed by atoms with van der Waals surface area (Å²) >= 11 is 0. The summed E-state index contributed by atoms with van der Waals surface area (Å²) in [5.74, 6) is 0.310. The summed E-state index contributed by atoms with van der Waals surface area (Å²) in [6.07, 6.45) is 0. The molecular formula is C19H22N2O4. The van der Waals surface area contributed by atoms with Crippen LogP contribution in [0.15, 0.2) is 47.6 Å². The fraction of sp³-hybridized carbons (Fsp3) is 0.263. The van der Waals surface area contributed by atoms with Gasteiger partial charge in [0.25, 0.3) is 5.91 Å². The zero-order valence-corrected chi connectivity index (χ0v) is 14.8. The number of benzene rings is 2. The lowest BCUT2D eigenvalue weighted by Gasteiger charge is -2.14. The van der Waals surface area contributed by atoms with Crippen LogP contribution in [0.5, 0.6) is 5.75 Å². The molecule has 0 aliphatic carbocycles. The maximum Gasteiger partial charge on any atom is 0.297 e. The first-order chi connectivity index (χ1) is 12.1. The number of carbonyl (C=O) groups excluding carboxylic acids is 1. The van der Waals surface area contributed by atoms with Crippen molar-refractivity contribution in [1.82, 2.24) is 5.48 Å². The Kier molecular flexibility index (Phi) is 6.54. The summed E-state index contributed by atoms with van der Waals surface area (Å²) < 4.78 is 5.95. The summed E-state index contributed by atoms with van der Waals surface area (Å²) in [4.78, 5) is 21.7. The van der Waals surface area contributed by atoms with Crippen LogP contribution < -0.4 is 10.2 Å². The van der Waals surface area contributed by atoms with Crippen molar-refractivity contribution in [1.29, 1.82) is 0 Å². The van der Waals surface area contributed by atoms with E-state index in [1.807, 2.05) is 50.2 Å². The molecule has 2 aromatic rings. The number of hydrogen-bond donors (Lipinski definition) is 1. The van der Waals surface area contributed by atoms with Gasteiger partial charge in [0.05, 0.1) is 7.11 Å². The number of aryl methyl sites for hydroxylation is 2. The van der Waals surface area contributed by atoms with Gasteiger partial charge in [0.15, 0.2) is 5.71 Å². The number of hydrogen-bond acceptors (Lipinski definition) is 5. The lowest BCUT2D eigenvalue weighted by atomic mass is 10.0. The summed E-state index contributed by atoms with van der Waals surface area (Å²) in [7, 11) is 2.74. The van der Waals surface area contributed by atoms with Crippen LogP contribution in [0.2, 0.25) is 0 Å². The molecule has 2 rings (SSSR count). The molecule has 0 aliphatic heterocycles. The van der Waals surface area contributed by atoms with E-state index in [2.05, 4.69) is 15.5 Å². The third-order valence-electron chi connectivity index (χ3n) is 3.59. The van der Waals surface area contributed by atoms with E-state index in [4.69, 9.17) is 9.57 Å². The molecule has 0 saturated heterocycles. The van der Waals surface area contributed by atoms with Gasteiger partial charge < -0.3 is 9.57 Å². The smallest absolute Gasteiger partial charge is 0.297 e. The molecule has 0 heterocycles. The lowest BCUT2D eigenvalue weighted by Crippen LogP contribution is -2.31. The highest BCUT2D eigenvalue weighted by Gasteiger charge is 2.18. The predicted molar refractivity (Wildman–Crippen MR) is 95.4 cm³/mol. The molecule has 0 atom stereocenters. The number of nitrogens with zero attached hydrogens (tertiary/aromatic N) is 1. The molecule has 25 heavy (non-hydrogen) atoms. The van der Waals surface area contributed by atoms with Crippen LogP contribution in [0, 0.1) is 13.8 Å². The molecule has 0 saturated carbocycles. The Labute approximate surface area is 147 Å². The van der Waals surface area contributed by atoms with E-state index in [0.29, 0.717) is 12.2 Å². The fourth-order valence-electron chi connectivity index (χ4n) is 2.34. The van der Waals surface area contributed by atoms with Gasteiger partial charge in [0.1, 0.15) is 19.5 Å². The molecule has 1 amide bonds. The summed E-state index contributed by atoms with van der Waals surface area (Å²) in [5.41, 5.74) is 5.96. The van der Waals surface area contributed by atoms with Crippen molar-refractivity contribution in [3.8, 4) is 5.75 Å². The number of nitrogens with one attached hydrogen (secondary N) is 1. The Balaban J connectivity index is 2.29. The molecule has 0 fully saturated rings. The molecule has 0 aromatic heterocycles. The van der Waals surface area contributed by atoms with E-state index in [1.54, 1.807) is 6.07 Å². The monoisotopic (exact) mass is 342 g/mol. The second-order valence-corrected chi connectivity index (χ2v) is 5.47. The largest absolute Gasteiger partial charge is 0.489 e. The summed E-state index contributed by atoms with van der Waals surface area (Å²) in [5, 5.41) is 3.83. The van der Waals surface area contributed by atoms with Crippen LogP contribution in [-0.4, -0.2) is 25.8 Å². The van der Waals surface area contributed by atoms with E-state index in [9.17, 15) is 4.79 Å². The van der Waals surface area contributed by atoms with Gasteiger partial charge in [-0.25, -0.2) is 5.48 Å². The van der Waals surface area contributed by atoms with E-state index in [1.165, 1.54) is 14.2 Å². The molecule has 6 heteroatoms. The number of amides is 1. The van der Waals surface area contributed by atoms with Crippen molar-refractivity contribution in [2.75, 3.05) is 14.2 Å². The molecule has 132 valence electrons. The van der Waals surface area contributed by atoms with Crippen LogP contribution in [0.1, 0.15) is 22.3 Å². The van der Waals surface area contributed by atoms with Gasteiger partial charge in [-0.1, -0.05) is 41.6 Å². The first-order valence-corrected chi connectivity index (χ1v) is 7.79. The highest BCUT2D eigenvalue weighted by molar-refractivity contribution is 6.45. The van der Waals surface area contributed by atoms with Crippen molar-refractivity contribution in [2.45, 2.75) is 20.5 Å². The Bertz CT molecular complexity index is 772. The van der Waals surface area contributed by atoms with Crippen molar-refractivity contribution in [3.05, 3.63) is 64.7 Å². The summed E-state index contributed by atoms with van der Waals surface area (Å²) in [6.45, 7) is 4.30. The van der Waals surface area contributed by atoms with Crippen molar-refractivity contribution in [3.63, 3.8) is 0 Å². The zero-order chi connectivity index (χ0) is 18.2. The maximum absolute atomic E-state index is 12.2.